The maximum Gasteiger partial charge on any atom is 0.0579 e. The molecule has 3 saturated heterocycles. The second kappa shape index (κ2) is 4.26. The van der Waals surface area contributed by atoms with Gasteiger partial charge in [-0.2, -0.15) is 0 Å². The van der Waals surface area contributed by atoms with Crippen LogP contribution in [0.4, 0.5) is 0 Å². The first-order chi connectivity index (χ1) is 7.81. The number of hydrogen-bond acceptors (Lipinski definition) is 4. The Hall–Kier alpha value is -0.160. The fourth-order valence-corrected chi connectivity index (χ4v) is 3.30. The van der Waals surface area contributed by atoms with Gasteiger partial charge in [0.2, 0.25) is 0 Å². The molecule has 1 N–H and O–H groups in total. The summed E-state index contributed by atoms with van der Waals surface area (Å²) >= 11 is 0. The van der Waals surface area contributed by atoms with Crippen molar-refractivity contribution in [2.45, 2.75) is 18.9 Å². The van der Waals surface area contributed by atoms with Gasteiger partial charge >= 0.3 is 0 Å². The Labute approximate surface area is 97.2 Å². The van der Waals surface area contributed by atoms with E-state index in [1.807, 2.05) is 0 Å². The Morgan fingerprint density at radius 1 is 1.25 bits per heavy atom. The number of aliphatic hydroxyl groups is 1. The maximum atomic E-state index is 9.44. The first-order valence-corrected chi connectivity index (χ1v) is 6.46. The van der Waals surface area contributed by atoms with Crippen LogP contribution in [0.25, 0.3) is 0 Å². The Kier molecular flexibility index (Phi) is 2.92. The van der Waals surface area contributed by atoms with E-state index in [2.05, 4.69) is 9.80 Å². The molecule has 0 radical (unpaired) electrons. The second-order valence-electron chi connectivity index (χ2n) is 5.72. The monoisotopic (exact) mass is 226 g/mol. The third kappa shape index (κ3) is 1.88. The molecule has 0 aromatic carbocycles. The van der Waals surface area contributed by atoms with E-state index in [1.54, 1.807) is 0 Å². The van der Waals surface area contributed by atoms with Crippen LogP contribution < -0.4 is 0 Å². The molecule has 0 aromatic heterocycles. The minimum absolute atomic E-state index is 0.0563. The summed E-state index contributed by atoms with van der Waals surface area (Å²) in [4.78, 5) is 5.16. The average Bonchev–Trinajstić information content (AvgIpc) is 2.70. The summed E-state index contributed by atoms with van der Waals surface area (Å²) in [5.41, 5.74) is 0.0563. The van der Waals surface area contributed by atoms with Gasteiger partial charge in [-0.1, -0.05) is 0 Å². The first kappa shape index (κ1) is 11.0. The minimum Gasteiger partial charge on any atom is -0.396 e. The van der Waals surface area contributed by atoms with Crippen molar-refractivity contribution in [2.24, 2.45) is 5.41 Å². The lowest BCUT2D eigenvalue weighted by Gasteiger charge is -2.46. The minimum atomic E-state index is 0.0563. The molecular formula is C12H22N2O2. The maximum absolute atomic E-state index is 9.44. The van der Waals surface area contributed by atoms with E-state index in [0.29, 0.717) is 0 Å². The van der Waals surface area contributed by atoms with Gasteiger partial charge in [0.1, 0.15) is 0 Å². The molecule has 0 aliphatic carbocycles. The van der Waals surface area contributed by atoms with E-state index in [-0.39, 0.29) is 12.0 Å². The largest absolute Gasteiger partial charge is 0.396 e. The summed E-state index contributed by atoms with van der Waals surface area (Å²) in [7, 11) is 0. The van der Waals surface area contributed by atoms with Crippen LogP contribution in [0.2, 0.25) is 0 Å². The van der Waals surface area contributed by atoms with Gasteiger partial charge in [-0.25, -0.2) is 0 Å². The lowest BCUT2D eigenvalue weighted by molar-refractivity contribution is -0.151. The molecule has 4 nitrogen and oxygen atoms in total. The highest BCUT2D eigenvalue weighted by Crippen LogP contribution is 2.30. The van der Waals surface area contributed by atoms with Crippen LogP contribution >= 0.6 is 0 Å². The Bertz CT molecular complexity index is 250. The smallest absolute Gasteiger partial charge is 0.0579 e. The van der Waals surface area contributed by atoms with Crippen molar-refractivity contribution in [3.05, 3.63) is 0 Å². The van der Waals surface area contributed by atoms with Crippen LogP contribution in [0, 0.1) is 5.41 Å². The fraction of sp³-hybridized carbons (Fsp3) is 1.00. The average molecular weight is 226 g/mol. The number of piperazine rings is 1. The highest BCUT2D eigenvalue weighted by molar-refractivity contribution is 4.93. The van der Waals surface area contributed by atoms with Crippen molar-refractivity contribution < 1.29 is 9.84 Å². The molecular weight excluding hydrogens is 204 g/mol. The predicted molar refractivity (Wildman–Crippen MR) is 61.4 cm³/mol. The van der Waals surface area contributed by atoms with Gasteiger partial charge in [-0.05, 0) is 19.4 Å². The van der Waals surface area contributed by atoms with Crippen LogP contribution in [-0.4, -0.2) is 73.5 Å². The first-order valence-electron chi connectivity index (χ1n) is 6.46. The molecule has 0 amide bonds. The number of hydrogen-bond donors (Lipinski definition) is 1. The number of ether oxygens (including phenoxy) is 1. The molecule has 0 saturated carbocycles. The zero-order valence-corrected chi connectivity index (χ0v) is 9.90. The van der Waals surface area contributed by atoms with Gasteiger partial charge in [0.05, 0.1) is 25.2 Å². The highest BCUT2D eigenvalue weighted by Gasteiger charge is 2.41. The fourth-order valence-electron chi connectivity index (χ4n) is 3.30. The molecule has 0 spiro atoms. The number of rotatable bonds is 3. The lowest BCUT2D eigenvalue weighted by atomic mass is 9.86. The van der Waals surface area contributed by atoms with Crippen LogP contribution in [-0.2, 0) is 4.74 Å². The van der Waals surface area contributed by atoms with Gasteiger partial charge in [-0.15, -0.1) is 0 Å². The number of nitrogens with zero attached hydrogens (tertiary/aromatic N) is 2. The number of aliphatic hydroxyl groups excluding tert-OH is 1. The molecule has 4 heteroatoms. The molecule has 1 unspecified atom stereocenters. The topological polar surface area (TPSA) is 35.9 Å². The molecule has 1 atom stereocenters. The van der Waals surface area contributed by atoms with Gasteiger partial charge in [0.15, 0.2) is 0 Å². The second-order valence-corrected chi connectivity index (χ2v) is 5.72. The standard InChI is InChI=1S/C12H22N2O2/c15-8-12(9-16-10-12)7-13-4-5-14-3-1-2-11(14)6-13/h11,15H,1-10H2. The molecule has 3 rings (SSSR count). The van der Waals surface area contributed by atoms with E-state index in [0.717, 1.165) is 32.3 Å². The van der Waals surface area contributed by atoms with Crippen molar-refractivity contribution in [2.75, 3.05) is 52.5 Å². The summed E-state index contributed by atoms with van der Waals surface area (Å²) in [6.45, 7) is 7.66. The quantitative estimate of drug-likeness (QED) is 0.721. The normalized spacial score (nSPS) is 34.7. The summed E-state index contributed by atoms with van der Waals surface area (Å²) in [5, 5.41) is 9.44. The summed E-state index contributed by atoms with van der Waals surface area (Å²) in [6.07, 6.45) is 2.73. The molecule has 3 aliphatic heterocycles. The summed E-state index contributed by atoms with van der Waals surface area (Å²) in [5.74, 6) is 0. The zero-order chi connectivity index (χ0) is 11.0. The SMILES string of the molecule is OCC1(CN2CCN3CCCC3C2)COC1. The Balaban J connectivity index is 1.56. The van der Waals surface area contributed by atoms with Crippen molar-refractivity contribution in [3.8, 4) is 0 Å². The van der Waals surface area contributed by atoms with E-state index in [9.17, 15) is 5.11 Å². The van der Waals surface area contributed by atoms with Crippen LogP contribution in [0.5, 0.6) is 0 Å². The number of fused-ring (bicyclic) bond motifs is 1. The van der Waals surface area contributed by atoms with Gasteiger partial charge in [0, 0.05) is 32.2 Å². The van der Waals surface area contributed by atoms with Crippen LogP contribution in [0.1, 0.15) is 12.8 Å². The van der Waals surface area contributed by atoms with Crippen molar-refractivity contribution in [1.82, 2.24) is 9.80 Å². The van der Waals surface area contributed by atoms with E-state index in [4.69, 9.17) is 4.74 Å². The van der Waals surface area contributed by atoms with Gasteiger partial charge < -0.3 is 9.84 Å². The van der Waals surface area contributed by atoms with E-state index in [1.165, 1.54) is 32.5 Å². The van der Waals surface area contributed by atoms with Crippen LogP contribution in [0.3, 0.4) is 0 Å². The van der Waals surface area contributed by atoms with Crippen molar-refractivity contribution in [3.63, 3.8) is 0 Å². The van der Waals surface area contributed by atoms with E-state index >= 15 is 0 Å². The molecule has 16 heavy (non-hydrogen) atoms. The third-order valence-electron chi connectivity index (χ3n) is 4.38. The molecule has 0 bridgehead atoms. The molecule has 92 valence electrons. The van der Waals surface area contributed by atoms with E-state index < -0.39 is 0 Å². The van der Waals surface area contributed by atoms with Crippen LogP contribution in [0.15, 0.2) is 0 Å². The van der Waals surface area contributed by atoms with Crippen molar-refractivity contribution in [1.29, 1.82) is 0 Å². The van der Waals surface area contributed by atoms with Gasteiger partial charge in [0.25, 0.3) is 0 Å². The molecule has 3 aliphatic rings. The Morgan fingerprint density at radius 3 is 2.81 bits per heavy atom. The highest BCUT2D eigenvalue weighted by atomic mass is 16.5. The Morgan fingerprint density at radius 2 is 2.12 bits per heavy atom. The summed E-state index contributed by atoms with van der Waals surface area (Å²) < 4.78 is 5.26. The predicted octanol–water partition coefficient (Wildman–Crippen LogP) is -0.225. The molecule has 0 aromatic rings. The summed E-state index contributed by atoms with van der Waals surface area (Å²) in [6, 6.07) is 0.783. The molecule has 3 fully saturated rings. The third-order valence-corrected chi connectivity index (χ3v) is 4.38. The molecule has 3 heterocycles. The van der Waals surface area contributed by atoms with Crippen molar-refractivity contribution >= 4 is 0 Å². The van der Waals surface area contributed by atoms with Gasteiger partial charge in [-0.3, -0.25) is 9.80 Å². The lowest BCUT2D eigenvalue weighted by Crippen LogP contribution is -2.58. The zero-order valence-electron chi connectivity index (χ0n) is 9.90.